The van der Waals surface area contributed by atoms with Gasteiger partial charge in [-0.15, -0.1) is 0 Å². The Balaban J connectivity index is 2.06. The molecule has 2 atom stereocenters. The van der Waals surface area contributed by atoms with Gasteiger partial charge in [-0.3, -0.25) is 0 Å². The highest BCUT2D eigenvalue weighted by molar-refractivity contribution is 5.41. The van der Waals surface area contributed by atoms with Gasteiger partial charge in [0.25, 0.3) is 0 Å². The molecular weight excluding hydrogens is 238 g/mol. The maximum Gasteiger partial charge on any atom is 0.128 e. The van der Waals surface area contributed by atoms with E-state index in [4.69, 9.17) is 4.74 Å². The largest absolute Gasteiger partial charge is 0.375 e. The number of anilines is 1. The summed E-state index contributed by atoms with van der Waals surface area (Å²) in [4.78, 5) is 7.00. The second-order valence-corrected chi connectivity index (χ2v) is 5.16. The number of morpholine rings is 1. The number of ether oxygens (including phenoxy) is 1. The minimum absolute atomic E-state index is 0.283. The Kier molecular flexibility index (Phi) is 5.16. The van der Waals surface area contributed by atoms with Crippen molar-refractivity contribution in [1.29, 1.82) is 0 Å². The van der Waals surface area contributed by atoms with Gasteiger partial charge in [-0.1, -0.05) is 19.9 Å². The Morgan fingerprint density at radius 3 is 2.89 bits per heavy atom. The van der Waals surface area contributed by atoms with Crippen LogP contribution in [0.3, 0.4) is 0 Å². The quantitative estimate of drug-likeness (QED) is 0.883. The van der Waals surface area contributed by atoms with Crippen molar-refractivity contribution in [3.8, 4) is 0 Å². The van der Waals surface area contributed by atoms with Crippen LogP contribution in [0.15, 0.2) is 18.3 Å². The summed E-state index contributed by atoms with van der Waals surface area (Å²) in [6, 6.07) is 4.74. The minimum Gasteiger partial charge on any atom is -0.375 e. The summed E-state index contributed by atoms with van der Waals surface area (Å²) in [5.74, 6) is 1.07. The van der Waals surface area contributed by atoms with Crippen molar-refractivity contribution < 1.29 is 4.74 Å². The van der Waals surface area contributed by atoms with Gasteiger partial charge in [0.1, 0.15) is 5.82 Å². The summed E-state index contributed by atoms with van der Waals surface area (Å²) in [6.45, 7) is 10.1. The minimum atomic E-state index is 0.283. The molecule has 2 unspecified atom stereocenters. The van der Waals surface area contributed by atoms with Crippen LogP contribution in [-0.2, 0) is 11.3 Å². The first-order chi connectivity index (χ1) is 9.24. The summed E-state index contributed by atoms with van der Waals surface area (Å²) < 4.78 is 5.73. The highest BCUT2D eigenvalue weighted by Crippen LogP contribution is 2.21. The summed E-state index contributed by atoms with van der Waals surface area (Å²) in [7, 11) is 0. The topological polar surface area (TPSA) is 37.4 Å². The van der Waals surface area contributed by atoms with Crippen LogP contribution in [0.5, 0.6) is 0 Å². The second kappa shape index (κ2) is 6.87. The van der Waals surface area contributed by atoms with E-state index in [1.165, 1.54) is 5.56 Å². The molecule has 0 aromatic carbocycles. The molecule has 1 aromatic rings. The monoisotopic (exact) mass is 263 g/mol. The zero-order chi connectivity index (χ0) is 13.7. The number of nitrogens with one attached hydrogen (secondary N) is 1. The maximum atomic E-state index is 5.73. The van der Waals surface area contributed by atoms with Gasteiger partial charge in [0.15, 0.2) is 0 Å². The van der Waals surface area contributed by atoms with E-state index in [0.29, 0.717) is 6.04 Å². The van der Waals surface area contributed by atoms with Gasteiger partial charge in [0.2, 0.25) is 0 Å². The molecule has 0 radical (unpaired) electrons. The summed E-state index contributed by atoms with van der Waals surface area (Å²) in [6.07, 6.45) is 3.35. The molecule has 1 fully saturated rings. The van der Waals surface area contributed by atoms with Gasteiger partial charge in [-0.05, 0) is 31.5 Å². The Hall–Kier alpha value is -1.13. The molecule has 4 heteroatoms. The highest BCUT2D eigenvalue weighted by atomic mass is 16.5. The van der Waals surface area contributed by atoms with Gasteiger partial charge >= 0.3 is 0 Å². The van der Waals surface area contributed by atoms with E-state index < -0.39 is 0 Å². The number of hydrogen-bond acceptors (Lipinski definition) is 4. The molecule has 0 bridgehead atoms. The first kappa shape index (κ1) is 14.3. The van der Waals surface area contributed by atoms with Crippen molar-refractivity contribution in [2.45, 2.75) is 45.9 Å². The van der Waals surface area contributed by atoms with Gasteiger partial charge in [-0.2, -0.15) is 0 Å². The first-order valence-corrected chi connectivity index (χ1v) is 7.28. The van der Waals surface area contributed by atoms with Crippen LogP contribution in [-0.4, -0.2) is 36.8 Å². The molecule has 0 saturated carbocycles. The summed E-state index contributed by atoms with van der Waals surface area (Å²) in [5.41, 5.74) is 1.24. The van der Waals surface area contributed by atoms with Crippen molar-refractivity contribution in [1.82, 2.24) is 10.3 Å². The third-order valence-electron chi connectivity index (χ3n) is 3.62. The average Bonchev–Trinajstić information content (AvgIpc) is 2.45. The van der Waals surface area contributed by atoms with E-state index >= 15 is 0 Å². The van der Waals surface area contributed by atoms with Gasteiger partial charge in [0, 0.05) is 19.3 Å². The zero-order valence-electron chi connectivity index (χ0n) is 12.2. The molecule has 1 aliphatic heterocycles. The van der Waals surface area contributed by atoms with E-state index in [1.807, 2.05) is 6.20 Å². The number of nitrogens with zero attached hydrogens (tertiary/aromatic N) is 2. The molecule has 0 amide bonds. The molecule has 106 valence electrons. The van der Waals surface area contributed by atoms with E-state index in [1.54, 1.807) is 0 Å². The normalized spacial score (nSPS) is 23.6. The summed E-state index contributed by atoms with van der Waals surface area (Å²) in [5, 5.41) is 3.32. The molecule has 1 saturated heterocycles. The van der Waals surface area contributed by atoms with Crippen molar-refractivity contribution in [2.75, 3.05) is 24.6 Å². The smallest absolute Gasteiger partial charge is 0.128 e. The average molecular weight is 263 g/mol. The third kappa shape index (κ3) is 3.67. The van der Waals surface area contributed by atoms with E-state index in [9.17, 15) is 0 Å². The highest BCUT2D eigenvalue weighted by Gasteiger charge is 2.26. The SMILES string of the molecule is CCNCc1ccc(N2CC(C)OCC2CC)nc1. The number of pyridine rings is 1. The number of rotatable bonds is 5. The lowest BCUT2D eigenvalue weighted by molar-refractivity contribution is 0.0296. The molecule has 1 aliphatic rings. The standard InChI is InChI=1S/C15H25N3O/c1-4-14-11-19-12(3)10-18(14)15-7-6-13(9-17-15)8-16-5-2/h6-7,9,12,14,16H,4-5,8,10-11H2,1-3H3. The summed E-state index contributed by atoms with van der Waals surface area (Å²) >= 11 is 0. The molecule has 0 aliphatic carbocycles. The Morgan fingerprint density at radius 1 is 1.42 bits per heavy atom. The van der Waals surface area contributed by atoms with Crippen LogP contribution in [0.2, 0.25) is 0 Å². The fraction of sp³-hybridized carbons (Fsp3) is 0.667. The lowest BCUT2D eigenvalue weighted by Gasteiger charge is -2.39. The van der Waals surface area contributed by atoms with Crippen LogP contribution in [0, 0.1) is 0 Å². The van der Waals surface area contributed by atoms with Crippen molar-refractivity contribution in [3.05, 3.63) is 23.9 Å². The van der Waals surface area contributed by atoms with E-state index in [2.05, 4.69) is 48.1 Å². The second-order valence-electron chi connectivity index (χ2n) is 5.16. The van der Waals surface area contributed by atoms with Crippen LogP contribution < -0.4 is 10.2 Å². The molecule has 2 heterocycles. The Labute approximate surface area is 116 Å². The fourth-order valence-electron chi connectivity index (χ4n) is 2.42. The molecule has 1 aromatic heterocycles. The van der Waals surface area contributed by atoms with Crippen molar-refractivity contribution in [3.63, 3.8) is 0 Å². The Morgan fingerprint density at radius 2 is 2.26 bits per heavy atom. The van der Waals surface area contributed by atoms with E-state index in [0.717, 1.165) is 38.5 Å². The van der Waals surface area contributed by atoms with Gasteiger partial charge in [-0.25, -0.2) is 4.98 Å². The van der Waals surface area contributed by atoms with Crippen molar-refractivity contribution in [2.24, 2.45) is 0 Å². The lowest BCUT2D eigenvalue weighted by Crippen LogP contribution is -2.49. The number of hydrogen-bond donors (Lipinski definition) is 1. The molecular formula is C15H25N3O. The molecule has 4 nitrogen and oxygen atoms in total. The third-order valence-corrected chi connectivity index (χ3v) is 3.62. The fourth-order valence-corrected chi connectivity index (χ4v) is 2.42. The van der Waals surface area contributed by atoms with Gasteiger partial charge in [0.05, 0.1) is 18.8 Å². The zero-order valence-corrected chi connectivity index (χ0v) is 12.2. The number of aromatic nitrogens is 1. The maximum absolute atomic E-state index is 5.73. The molecule has 1 N–H and O–H groups in total. The van der Waals surface area contributed by atoms with Crippen LogP contribution in [0.25, 0.3) is 0 Å². The molecule has 2 rings (SSSR count). The lowest BCUT2D eigenvalue weighted by atomic mass is 10.1. The first-order valence-electron chi connectivity index (χ1n) is 7.28. The molecule has 0 spiro atoms. The van der Waals surface area contributed by atoms with Crippen LogP contribution in [0.4, 0.5) is 5.82 Å². The predicted octanol–water partition coefficient (Wildman–Crippen LogP) is 2.19. The van der Waals surface area contributed by atoms with Crippen LogP contribution in [0.1, 0.15) is 32.8 Å². The van der Waals surface area contributed by atoms with Crippen LogP contribution >= 0.6 is 0 Å². The van der Waals surface area contributed by atoms with Gasteiger partial charge < -0.3 is 15.0 Å². The van der Waals surface area contributed by atoms with Crippen molar-refractivity contribution >= 4 is 5.82 Å². The van der Waals surface area contributed by atoms with E-state index in [-0.39, 0.29) is 6.10 Å². The predicted molar refractivity (Wildman–Crippen MR) is 78.5 cm³/mol. The Bertz CT molecular complexity index is 379. The molecule has 19 heavy (non-hydrogen) atoms.